The summed E-state index contributed by atoms with van der Waals surface area (Å²) in [4.78, 5) is 37.8. The van der Waals surface area contributed by atoms with Gasteiger partial charge < -0.3 is 10.6 Å². The minimum Gasteiger partial charge on any atom is -0.343 e. The Morgan fingerprint density at radius 2 is 1.71 bits per heavy atom. The molecule has 7 heteroatoms. The van der Waals surface area contributed by atoms with E-state index in [2.05, 4.69) is 24.5 Å². The summed E-state index contributed by atoms with van der Waals surface area (Å²) in [6.45, 7) is 4.37. The maximum Gasteiger partial charge on any atom is 0.313 e. The zero-order valence-electron chi connectivity index (χ0n) is 15.5. The van der Waals surface area contributed by atoms with Crippen LogP contribution in [0.1, 0.15) is 45.4 Å². The topological polar surface area (TPSA) is 75.3 Å². The fourth-order valence-electron chi connectivity index (χ4n) is 2.52. The lowest BCUT2D eigenvalue weighted by Crippen LogP contribution is -2.34. The first-order valence-corrected chi connectivity index (χ1v) is 10.5. The van der Waals surface area contributed by atoms with Crippen LogP contribution in [0, 0.1) is 0 Å². The van der Waals surface area contributed by atoms with E-state index >= 15 is 0 Å². The van der Waals surface area contributed by atoms with Crippen LogP contribution in [0.15, 0.2) is 53.2 Å². The Hall–Kier alpha value is -2.77. The molecule has 0 fully saturated rings. The summed E-state index contributed by atoms with van der Waals surface area (Å²) < 4.78 is 0. The molecule has 0 spiro atoms. The molecule has 3 rings (SSSR count). The maximum absolute atomic E-state index is 12.3. The molecule has 2 heterocycles. The first-order chi connectivity index (χ1) is 13.4. The minimum absolute atomic E-state index is 0.0357. The second kappa shape index (κ2) is 8.95. The standard InChI is InChI=1S/C21H20N2O3S2/c1-13(2)14-3-5-16(6-4-14)23-21(26)20(25)22-11-17-7-8-18(28-17)19(24)15-9-10-27-12-15/h3-10,12-13H,11H2,1-2H3,(H,22,25)(H,23,26). The average molecular weight is 413 g/mol. The lowest BCUT2D eigenvalue weighted by Gasteiger charge is -2.08. The molecule has 0 unspecified atom stereocenters. The maximum atomic E-state index is 12.3. The number of thiophene rings is 2. The minimum atomic E-state index is -0.719. The molecule has 28 heavy (non-hydrogen) atoms. The van der Waals surface area contributed by atoms with Crippen LogP contribution >= 0.6 is 22.7 Å². The van der Waals surface area contributed by atoms with Crippen molar-refractivity contribution in [3.05, 3.63) is 74.1 Å². The number of rotatable bonds is 6. The molecule has 3 aromatic rings. The number of ketones is 1. The van der Waals surface area contributed by atoms with Gasteiger partial charge in [-0.15, -0.1) is 11.3 Å². The number of hydrogen-bond donors (Lipinski definition) is 2. The molecule has 1 aromatic carbocycles. The van der Waals surface area contributed by atoms with Crippen molar-refractivity contribution in [1.82, 2.24) is 5.32 Å². The number of nitrogens with one attached hydrogen (secondary N) is 2. The zero-order chi connectivity index (χ0) is 20.1. The lowest BCUT2D eigenvalue weighted by molar-refractivity contribution is -0.136. The van der Waals surface area contributed by atoms with Crippen LogP contribution in [-0.4, -0.2) is 17.6 Å². The van der Waals surface area contributed by atoms with Gasteiger partial charge in [0.1, 0.15) is 0 Å². The third-order valence-corrected chi connectivity index (χ3v) is 5.90. The summed E-state index contributed by atoms with van der Waals surface area (Å²) >= 11 is 2.78. The first-order valence-electron chi connectivity index (χ1n) is 8.79. The highest BCUT2D eigenvalue weighted by atomic mass is 32.1. The SMILES string of the molecule is CC(C)c1ccc(NC(=O)C(=O)NCc2ccc(C(=O)c3ccsc3)s2)cc1. The van der Waals surface area contributed by atoms with Gasteiger partial charge in [0.25, 0.3) is 0 Å². The summed E-state index contributed by atoms with van der Waals surface area (Å²) in [5.41, 5.74) is 2.39. The van der Waals surface area contributed by atoms with Crippen molar-refractivity contribution in [2.24, 2.45) is 0 Å². The van der Waals surface area contributed by atoms with Crippen molar-refractivity contribution in [1.29, 1.82) is 0 Å². The normalized spacial score (nSPS) is 10.7. The molecule has 0 bridgehead atoms. The van der Waals surface area contributed by atoms with Crippen LogP contribution in [0.3, 0.4) is 0 Å². The molecule has 144 valence electrons. The van der Waals surface area contributed by atoms with Gasteiger partial charge in [-0.25, -0.2) is 0 Å². The van der Waals surface area contributed by atoms with Gasteiger partial charge >= 0.3 is 11.8 Å². The number of amides is 2. The summed E-state index contributed by atoms with van der Waals surface area (Å²) in [5, 5.41) is 8.84. The van der Waals surface area contributed by atoms with Crippen LogP contribution in [0.4, 0.5) is 5.69 Å². The van der Waals surface area contributed by atoms with E-state index in [0.717, 1.165) is 10.4 Å². The third kappa shape index (κ3) is 4.94. The van der Waals surface area contributed by atoms with E-state index < -0.39 is 11.8 Å². The Morgan fingerprint density at radius 3 is 2.36 bits per heavy atom. The smallest absolute Gasteiger partial charge is 0.313 e. The molecule has 0 saturated heterocycles. The van der Waals surface area contributed by atoms with Crippen molar-refractivity contribution < 1.29 is 14.4 Å². The molecule has 0 aliphatic carbocycles. The van der Waals surface area contributed by atoms with Gasteiger partial charge in [0.15, 0.2) is 0 Å². The highest BCUT2D eigenvalue weighted by molar-refractivity contribution is 7.14. The molecule has 2 N–H and O–H groups in total. The Bertz CT molecular complexity index is 974. The second-order valence-electron chi connectivity index (χ2n) is 6.52. The Balaban J connectivity index is 1.52. The molecular weight excluding hydrogens is 392 g/mol. The van der Waals surface area contributed by atoms with E-state index in [1.165, 1.54) is 22.7 Å². The van der Waals surface area contributed by atoms with Crippen LogP contribution in [0.2, 0.25) is 0 Å². The number of anilines is 1. The van der Waals surface area contributed by atoms with Crippen molar-refractivity contribution >= 4 is 46.0 Å². The summed E-state index contributed by atoms with van der Waals surface area (Å²) in [5.74, 6) is -1.07. The third-order valence-electron chi connectivity index (χ3n) is 4.13. The number of hydrogen-bond acceptors (Lipinski definition) is 5. The molecule has 2 aromatic heterocycles. The van der Waals surface area contributed by atoms with E-state index in [4.69, 9.17) is 0 Å². The predicted molar refractivity (Wildman–Crippen MR) is 113 cm³/mol. The van der Waals surface area contributed by atoms with Crippen molar-refractivity contribution in [3.8, 4) is 0 Å². The van der Waals surface area contributed by atoms with Crippen molar-refractivity contribution in [3.63, 3.8) is 0 Å². The van der Waals surface area contributed by atoms with E-state index in [1.54, 1.807) is 30.3 Å². The Labute approximate surface area is 171 Å². The van der Waals surface area contributed by atoms with E-state index in [0.29, 0.717) is 22.0 Å². The van der Waals surface area contributed by atoms with Gasteiger partial charge in [0, 0.05) is 21.5 Å². The van der Waals surface area contributed by atoms with Crippen molar-refractivity contribution in [2.45, 2.75) is 26.3 Å². The number of carbonyl (C=O) groups is 3. The highest BCUT2D eigenvalue weighted by Crippen LogP contribution is 2.21. The van der Waals surface area contributed by atoms with Gasteiger partial charge in [0.2, 0.25) is 5.78 Å². The number of carbonyl (C=O) groups excluding carboxylic acids is 3. The lowest BCUT2D eigenvalue weighted by atomic mass is 10.0. The molecule has 5 nitrogen and oxygen atoms in total. The van der Waals surface area contributed by atoms with E-state index in [9.17, 15) is 14.4 Å². The molecule has 0 saturated carbocycles. The first kappa shape index (κ1) is 20.0. The summed E-state index contributed by atoms with van der Waals surface area (Å²) in [6, 6.07) is 12.7. The average Bonchev–Trinajstić information content (AvgIpc) is 3.38. The molecule has 0 aliphatic rings. The van der Waals surface area contributed by atoms with Crippen LogP contribution in [0.5, 0.6) is 0 Å². The van der Waals surface area contributed by atoms with Gasteiger partial charge in [-0.3, -0.25) is 14.4 Å². The van der Waals surface area contributed by atoms with Gasteiger partial charge in [0.05, 0.1) is 11.4 Å². The quantitative estimate of drug-likeness (QED) is 0.465. The fraction of sp³-hybridized carbons (Fsp3) is 0.190. The fourth-order valence-corrected chi connectivity index (χ4v) is 4.06. The van der Waals surface area contributed by atoms with Crippen LogP contribution < -0.4 is 10.6 Å². The highest BCUT2D eigenvalue weighted by Gasteiger charge is 2.16. The van der Waals surface area contributed by atoms with Crippen LogP contribution in [-0.2, 0) is 16.1 Å². The second-order valence-corrected chi connectivity index (χ2v) is 8.47. The Kier molecular flexibility index (Phi) is 6.38. The largest absolute Gasteiger partial charge is 0.343 e. The number of benzene rings is 1. The Morgan fingerprint density at radius 1 is 0.964 bits per heavy atom. The van der Waals surface area contributed by atoms with Gasteiger partial charge in [-0.1, -0.05) is 26.0 Å². The molecular formula is C21H20N2O3S2. The summed E-state index contributed by atoms with van der Waals surface area (Å²) in [7, 11) is 0. The molecule has 0 aliphatic heterocycles. The van der Waals surface area contributed by atoms with Crippen molar-refractivity contribution in [2.75, 3.05) is 5.32 Å². The molecule has 0 radical (unpaired) electrons. The predicted octanol–water partition coefficient (Wildman–Crippen LogP) is 4.42. The van der Waals surface area contributed by atoms with Gasteiger partial charge in [-0.05, 0) is 47.2 Å². The monoisotopic (exact) mass is 412 g/mol. The van der Waals surface area contributed by atoms with E-state index in [-0.39, 0.29) is 12.3 Å². The molecule has 0 atom stereocenters. The van der Waals surface area contributed by atoms with Gasteiger partial charge in [-0.2, -0.15) is 11.3 Å². The molecule has 2 amide bonds. The van der Waals surface area contributed by atoms with Crippen LogP contribution in [0.25, 0.3) is 0 Å². The summed E-state index contributed by atoms with van der Waals surface area (Å²) in [6.07, 6.45) is 0. The van der Waals surface area contributed by atoms with E-state index in [1.807, 2.05) is 22.9 Å². The zero-order valence-corrected chi connectivity index (χ0v) is 17.2.